The molecule has 0 aliphatic heterocycles. The Labute approximate surface area is 154 Å². The molecule has 0 amide bonds. The Morgan fingerprint density at radius 2 is 1.57 bits per heavy atom. The Morgan fingerprint density at radius 3 is 2.14 bits per heavy atom. The molecule has 3 rings (SSSR count). The zero-order valence-electron chi connectivity index (χ0n) is 14.1. The molecule has 0 saturated heterocycles. The van der Waals surface area contributed by atoms with Crippen molar-refractivity contribution in [2.45, 2.75) is 12.4 Å². The van der Waals surface area contributed by atoms with Gasteiger partial charge in [0.25, 0.3) is 0 Å². The predicted molar refractivity (Wildman–Crippen MR) is 88.0 cm³/mol. The maximum atomic E-state index is 13.2. The zero-order valence-corrected chi connectivity index (χ0v) is 14.1. The number of benzene rings is 1. The number of rotatable bonds is 3. The van der Waals surface area contributed by atoms with Crippen LogP contribution in [-0.4, -0.2) is 27.0 Å². The number of alkyl halides is 6. The zero-order chi connectivity index (χ0) is 20.5. The lowest BCUT2D eigenvalue weighted by molar-refractivity contribution is -0.140. The van der Waals surface area contributed by atoms with Gasteiger partial charge >= 0.3 is 12.4 Å². The molecule has 0 saturated carbocycles. The number of hydrogen-bond acceptors (Lipinski definition) is 5. The van der Waals surface area contributed by atoms with Gasteiger partial charge in [-0.2, -0.15) is 26.3 Å². The van der Waals surface area contributed by atoms with Gasteiger partial charge in [-0.15, -0.1) is 0 Å². The van der Waals surface area contributed by atoms with Gasteiger partial charge in [-0.05, 0) is 12.1 Å². The maximum absolute atomic E-state index is 13.2. The van der Waals surface area contributed by atoms with Gasteiger partial charge < -0.3 is 5.32 Å². The van der Waals surface area contributed by atoms with Crippen molar-refractivity contribution in [2.24, 2.45) is 0 Å². The van der Waals surface area contributed by atoms with Crippen LogP contribution in [0.2, 0.25) is 0 Å². The molecule has 28 heavy (non-hydrogen) atoms. The van der Waals surface area contributed by atoms with E-state index >= 15 is 0 Å². The molecule has 3 aromatic rings. The Morgan fingerprint density at radius 1 is 0.893 bits per heavy atom. The van der Waals surface area contributed by atoms with E-state index in [1.807, 2.05) is 0 Å². The van der Waals surface area contributed by atoms with Gasteiger partial charge in [0, 0.05) is 30.4 Å². The summed E-state index contributed by atoms with van der Waals surface area (Å²) in [6.07, 6.45) is -7.52. The number of halogens is 6. The lowest BCUT2D eigenvalue weighted by atomic mass is 10.1. The molecule has 0 atom stereocenters. The van der Waals surface area contributed by atoms with Crippen molar-refractivity contribution < 1.29 is 26.3 Å². The third kappa shape index (κ3) is 4.02. The molecule has 2 aromatic heterocycles. The quantitative estimate of drug-likeness (QED) is 0.648. The summed E-state index contributed by atoms with van der Waals surface area (Å²) >= 11 is 0. The van der Waals surface area contributed by atoms with E-state index in [4.69, 9.17) is 0 Å². The molecule has 0 bridgehead atoms. The van der Waals surface area contributed by atoms with E-state index in [1.165, 1.54) is 13.1 Å². The predicted octanol–water partition coefficient (Wildman–Crippen LogP) is 4.68. The molecule has 5 nitrogen and oxygen atoms in total. The summed E-state index contributed by atoms with van der Waals surface area (Å²) in [5.41, 5.74) is -2.33. The van der Waals surface area contributed by atoms with Crippen LogP contribution in [0.25, 0.3) is 22.6 Å². The van der Waals surface area contributed by atoms with Crippen LogP contribution in [0.15, 0.2) is 42.9 Å². The first-order chi connectivity index (χ1) is 13.1. The highest BCUT2D eigenvalue weighted by Gasteiger charge is 2.36. The second-order valence-electron chi connectivity index (χ2n) is 5.57. The number of nitrogens with zero attached hydrogens (tertiary/aromatic N) is 4. The Balaban J connectivity index is 2.12. The molecule has 0 radical (unpaired) electrons. The Kier molecular flexibility index (Phi) is 4.92. The van der Waals surface area contributed by atoms with Crippen molar-refractivity contribution in [1.82, 2.24) is 19.9 Å². The largest absolute Gasteiger partial charge is 0.434 e. The first-order valence-electron chi connectivity index (χ1n) is 7.71. The van der Waals surface area contributed by atoms with Crippen molar-refractivity contribution in [3.05, 3.63) is 54.1 Å². The van der Waals surface area contributed by atoms with E-state index in [1.54, 1.807) is 0 Å². The van der Waals surface area contributed by atoms with Crippen LogP contribution in [-0.2, 0) is 12.4 Å². The van der Waals surface area contributed by atoms with Crippen LogP contribution < -0.4 is 5.32 Å². The molecule has 1 aromatic carbocycles. The van der Waals surface area contributed by atoms with Crippen molar-refractivity contribution in [3.63, 3.8) is 0 Å². The molecule has 0 aliphatic rings. The van der Waals surface area contributed by atoms with Gasteiger partial charge in [0.2, 0.25) is 0 Å². The summed E-state index contributed by atoms with van der Waals surface area (Å²) in [5.74, 6) is 0.129. The summed E-state index contributed by atoms with van der Waals surface area (Å²) in [6, 6.07) is 5.25. The molecule has 146 valence electrons. The van der Waals surface area contributed by atoms with Crippen molar-refractivity contribution in [1.29, 1.82) is 0 Å². The monoisotopic (exact) mass is 399 g/mol. The van der Waals surface area contributed by atoms with Gasteiger partial charge in [0.05, 0.1) is 11.3 Å². The van der Waals surface area contributed by atoms with Gasteiger partial charge in [0.15, 0.2) is 11.5 Å². The third-order valence-corrected chi connectivity index (χ3v) is 3.71. The van der Waals surface area contributed by atoms with Gasteiger partial charge in [-0.25, -0.2) is 19.9 Å². The molecular weight excluding hydrogens is 388 g/mol. The second kappa shape index (κ2) is 7.06. The van der Waals surface area contributed by atoms with Crippen LogP contribution >= 0.6 is 0 Å². The summed E-state index contributed by atoms with van der Waals surface area (Å²) in [7, 11) is 1.49. The summed E-state index contributed by atoms with van der Waals surface area (Å²) in [6.45, 7) is 0. The van der Waals surface area contributed by atoms with Crippen LogP contribution in [0.3, 0.4) is 0 Å². The third-order valence-electron chi connectivity index (χ3n) is 3.71. The minimum atomic E-state index is -4.74. The van der Waals surface area contributed by atoms with Crippen LogP contribution in [0, 0.1) is 0 Å². The van der Waals surface area contributed by atoms with Gasteiger partial charge in [-0.1, -0.05) is 12.1 Å². The molecule has 11 heteroatoms. The van der Waals surface area contributed by atoms with Crippen molar-refractivity contribution in [2.75, 3.05) is 12.4 Å². The van der Waals surface area contributed by atoms with E-state index in [-0.39, 0.29) is 28.5 Å². The first kappa shape index (κ1) is 19.5. The van der Waals surface area contributed by atoms with E-state index < -0.39 is 23.6 Å². The molecular formula is C17H11F6N5. The lowest BCUT2D eigenvalue weighted by Gasteiger charge is -2.13. The minimum absolute atomic E-state index is 0.0486. The van der Waals surface area contributed by atoms with Crippen LogP contribution in [0.4, 0.5) is 32.2 Å². The average molecular weight is 399 g/mol. The SMILES string of the molecule is CNc1cc(-c2cncnc2C(F)(F)F)nc(-c2ccc(C(F)(F)F)cc2)n1. The van der Waals surface area contributed by atoms with E-state index in [0.29, 0.717) is 0 Å². The Hall–Kier alpha value is -3.24. The summed E-state index contributed by atoms with van der Waals surface area (Å²) in [4.78, 5) is 15.1. The molecule has 1 N–H and O–H groups in total. The highest BCUT2D eigenvalue weighted by atomic mass is 19.4. The van der Waals surface area contributed by atoms with Gasteiger partial charge in [0.1, 0.15) is 12.1 Å². The van der Waals surface area contributed by atoms with E-state index in [2.05, 4.69) is 25.3 Å². The van der Waals surface area contributed by atoms with E-state index in [0.717, 1.165) is 36.8 Å². The smallest absolute Gasteiger partial charge is 0.373 e. The molecule has 0 spiro atoms. The number of nitrogens with one attached hydrogen (secondary N) is 1. The number of aromatic nitrogens is 4. The highest BCUT2D eigenvalue weighted by Crippen LogP contribution is 2.36. The fraction of sp³-hybridized carbons (Fsp3) is 0.176. The van der Waals surface area contributed by atoms with Gasteiger partial charge in [-0.3, -0.25) is 0 Å². The summed E-state index contributed by atoms with van der Waals surface area (Å²) in [5, 5.41) is 2.69. The minimum Gasteiger partial charge on any atom is -0.373 e. The lowest BCUT2D eigenvalue weighted by Crippen LogP contribution is -2.11. The number of anilines is 1. The first-order valence-corrected chi connectivity index (χ1v) is 7.71. The topological polar surface area (TPSA) is 63.6 Å². The van der Waals surface area contributed by atoms with Crippen LogP contribution in [0.5, 0.6) is 0 Å². The summed E-state index contributed by atoms with van der Waals surface area (Å²) < 4.78 is 77.9. The number of hydrogen-bond donors (Lipinski definition) is 1. The van der Waals surface area contributed by atoms with Crippen molar-refractivity contribution in [3.8, 4) is 22.6 Å². The maximum Gasteiger partial charge on any atom is 0.434 e. The normalized spacial score (nSPS) is 12.1. The fourth-order valence-electron chi connectivity index (χ4n) is 2.39. The average Bonchev–Trinajstić information content (AvgIpc) is 2.66. The van der Waals surface area contributed by atoms with Crippen molar-refractivity contribution >= 4 is 5.82 Å². The fourth-order valence-corrected chi connectivity index (χ4v) is 2.39. The second-order valence-corrected chi connectivity index (χ2v) is 5.57. The molecule has 0 aliphatic carbocycles. The van der Waals surface area contributed by atoms with E-state index in [9.17, 15) is 26.3 Å². The van der Waals surface area contributed by atoms with Crippen LogP contribution in [0.1, 0.15) is 11.3 Å². The highest BCUT2D eigenvalue weighted by molar-refractivity contribution is 5.68. The molecule has 0 unspecified atom stereocenters. The Bertz CT molecular complexity index is 983. The molecule has 0 fully saturated rings. The standard InChI is InChI=1S/C17H11F6N5/c1-24-13-6-12(11-7-25-8-26-14(11)17(21,22)23)27-15(28-13)9-2-4-10(5-3-9)16(18,19)20/h2-8H,1H3,(H,24,27,28). The molecule has 2 heterocycles.